The molecule has 0 unspecified atom stereocenters. The topological polar surface area (TPSA) is 89.3 Å². The van der Waals surface area contributed by atoms with Gasteiger partial charge in [0.1, 0.15) is 5.76 Å². The Labute approximate surface area is 126 Å². The van der Waals surface area contributed by atoms with E-state index in [-0.39, 0.29) is 12.3 Å². The Morgan fingerprint density at radius 1 is 1.33 bits per heavy atom. The number of aryl methyl sites for hydroxylation is 2. The minimum atomic E-state index is -3.59. The summed E-state index contributed by atoms with van der Waals surface area (Å²) >= 11 is 0. The normalized spacial score (nSPS) is 14.7. The maximum atomic E-state index is 12.0. The standard InChI is InChI=1S/C14H24N2O4S/c1-6-7-10(3)21(18,19)16-13(17)8-9(2)14-11(4)15-20-12(14)5/h9-10H,6-8H2,1-5H3,(H,16,17)/t9-,10-/m1/s1. The van der Waals surface area contributed by atoms with Crippen LogP contribution in [0.2, 0.25) is 0 Å². The molecule has 120 valence electrons. The fourth-order valence-corrected chi connectivity index (χ4v) is 3.58. The Hall–Kier alpha value is -1.37. The highest BCUT2D eigenvalue weighted by Crippen LogP contribution is 2.25. The van der Waals surface area contributed by atoms with E-state index >= 15 is 0 Å². The molecule has 6 nitrogen and oxygen atoms in total. The van der Waals surface area contributed by atoms with Gasteiger partial charge in [0.25, 0.3) is 0 Å². The minimum Gasteiger partial charge on any atom is -0.361 e. The van der Waals surface area contributed by atoms with E-state index in [2.05, 4.69) is 9.88 Å². The number of amides is 1. The van der Waals surface area contributed by atoms with Crippen LogP contribution in [0.15, 0.2) is 4.52 Å². The van der Waals surface area contributed by atoms with Gasteiger partial charge in [0.15, 0.2) is 0 Å². The third kappa shape index (κ3) is 4.56. The first-order chi connectivity index (χ1) is 9.69. The van der Waals surface area contributed by atoms with Crippen LogP contribution in [0.3, 0.4) is 0 Å². The van der Waals surface area contributed by atoms with E-state index in [1.54, 1.807) is 20.8 Å². The molecule has 0 spiro atoms. The zero-order valence-corrected chi connectivity index (χ0v) is 14.1. The quantitative estimate of drug-likeness (QED) is 0.834. The van der Waals surface area contributed by atoms with Gasteiger partial charge < -0.3 is 4.52 Å². The van der Waals surface area contributed by atoms with Gasteiger partial charge >= 0.3 is 0 Å². The smallest absolute Gasteiger partial charge is 0.237 e. The van der Waals surface area contributed by atoms with Gasteiger partial charge in [-0.05, 0) is 33.1 Å². The van der Waals surface area contributed by atoms with E-state index in [4.69, 9.17) is 4.52 Å². The maximum absolute atomic E-state index is 12.0. The Kier molecular flexibility index (Phi) is 5.95. The van der Waals surface area contributed by atoms with E-state index < -0.39 is 21.2 Å². The van der Waals surface area contributed by atoms with Crippen LogP contribution in [-0.4, -0.2) is 24.7 Å². The molecule has 7 heteroatoms. The zero-order valence-electron chi connectivity index (χ0n) is 13.3. The minimum absolute atomic E-state index is 0.0843. The second kappa shape index (κ2) is 7.06. The first-order valence-corrected chi connectivity index (χ1v) is 8.70. The van der Waals surface area contributed by atoms with Crippen LogP contribution < -0.4 is 4.72 Å². The summed E-state index contributed by atoms with van der Waals surface area (Å²) in [4.78, 5) is 12.0. The molecule has 1 aromatic heterocycles. The molecule has 21 heavy (non-hydrogen) atoms. The lowest BCUT2D eigenvalue weighted by molar-refractivity contribution is -0.119. The molecule has 0 fully saturated rings. The number of aromatic nitrogens is 1. The molecule has 1 N–H and O–H groups in total. The Balaban J connectivity index is 2.70. The lowest BCUT2D eigenvalue weighted by atomic mass is 9.96. The third-order valence-electron chi connectivity index (χ3n) is 3.55. The summed E-state index contributed by atoms with van der Waals surface area (Å²) in [6.45, 7) is 8.96. The second-order valence-corrected chi connectivity index (χ2v) is 7.61. The van der Waals surface area contributed by atoms with Crippen LogP contribution in [0.25, 0.3) is 0 Å². The predicted molar refractivity (Wildman–Crippen MR) is 80.4 cm³/mol. The SMILES string of the molecule is CCC[C@@H](C)S(=O)(=O)NC(=O)C[C@@H](C)c1c(C)noc1C. The average Bonchev–Trinajstić information content (AvgIpc) is 2.68. The lowest BCUT2D eigenvalue weighted by Crippen LogP contribution is -2.37. The average molecular weight is 316 g/mol. The molecule has 1 amide bonds. The molecular formula is C14H24N2O4S. The molecule has 0 aliphatic heterocycles. The number of carbonyl (C=O) groups is 1. The molecule has 0 aliphatic carbocycles. The summed E-state index contributed by atoms with van der Waals surface area (Å²) in [6, 6.07) is 0. The molecular weight excluding hydrogens is 292 g/mol. The van der Waals surface area contributed by atoms with Crippen molar-refractivity contribution in [2.24, 2.45) is 0 Å². The molecule has 2 atom stereocenters. The maximum Gasteiger partial charge on any atom is 0.237 e. The summed E-state index contributed by atoms with van der Waals surface area (Å²) in [7, 11) is -3.59. The molecule has 0 bridgehead atoms. The van der Waals surface area contributed by atoms with Crippen molar-refractivity contribution in [3.05, 3.63) is 17.0 Å². The van der Waals surface area contributed by atoms with Gasteiger partial charge in [-0.15, -0.1) is 0 Å². The van der Waals surface area contributed by atoms with Crippen LogP contribution in [0.1, 0.15) is 63.0 Å². The zero-order chi connectivity index (χ0) is 16.2. The number of rotatable bonds is 7. The van der Waals surface area contributed by atoms with Gasteiger partial charge in [0.05, 0.1) is 10.9 Å². The molecule has 0 aromatic carbocycles. The Bertz CT molecular complexity index is 573. The van der Waals surface area contributed by atoms with Crippen LogP contribution >= 0.6 is 0 Å². The molecule has 0 aliphatic rings. The predicted octanol–water partition coefficient (Wildman–Crippen LogP) is 2.42. The summed E-state index contributed by atoms with van der Waals surface area (Å²) in [5.74, 6) is 0.0217. The van der Waals surface area contributed by atoms with E-state index in [9.17, 15) is 13.2 Å². The van der Waals surface area contributed by atoms with Gasteiger partial charge in [0, 0.05) is 12.0 Å². The van der Waals surface area contributed by atoms with Crippen LogP contribution in [-0.2, 0) is 14.8 Å². The largest absolute Gasteiger partial charge is 0.361 e. The molecule has 1 rings (SSSR count). The number of hydrogen-bond acceptors (Lipinski definition) is 5. The first-order valence-electron chi connectivity index (χ1n) is 7.16. The molecule has 0 saturated heterocycles. The van der Waals surface area contributed by atoms with E-state index in [1.807, 2.05) is 13.8 Å². The van der Waals surface area contributed by atoms with Crippen molar-refractivity contribution in [3.63, 3.8) is 0 Å². The third-order valence-corrected chi connectivity index (χ3v) is 5.36. The van der Waals surface area contributed by atoms with Gasteiger partial charge in [-0.2, -0.15) is 0 Å². The van der Waals surface area contributed by atoms with Crippen molar-refractivity contribution in [2.45, 2.75) is 65.0 Å². The fraction of sp³-hybridized carbons (Fsp3) is 0.714. The highest BCUT2D eigenvalue weighted by molar-refractivity contribution is 7.90. The van der Waals surface area contributed by atoms with Gasteiger partial charge in [-0.1, -0.05) is 25.4 Å². The van der Waals surface area contributed by atoms with Crippen molar-refractivity contribution >= 4 is 15.9 Å². The first kappa shape index (κ1) is 17.7. The van der Waals surface area contributed by atoms with Crippen LogP contribution in [0.5, 0.6) is 0 Å². The van der Waals surface area contributed by atoms with Crippen molar-refractivity contribution < 1.29 is 17.7 Å². The van der Waals surface area contributed by atoms with E-state index in [0.717, 1.165) is 17.7 Å². The summed E-state index contributed by atoms with van der Waals surface area (Å²) in [5.41, 5.74) is 1.60. The monoisotopic (exact) mass is 316 g/mol. The van der Waals surface area contributed by atoms with Gasteiger partial charge in [-0.25, -0.2) is 8.42 Å². The van der Waals surface area contributed by atoms with Gasteiger partial charge in [0.2, 0.25) is 15.9 Å². The van der Waals surface area contributed by atoms with Crippen LogP contribution in [0.4, 0.5) is 0 Å². The molecule has 1 aromatic rings. The second-order valence-electron chi connectivity index (χ2n) is 5.51. The van der Waals surface area contributed by atoms with Gasteiger partial charge in [-0.3, -0.25) is 9.52 Å². The number of nitrogens with zero attached hydrogens (tertiary/aromatic N) is 1. The summed E-state index contributed by atoms with van der Waals surface area (Å²) < 4.78 is 31.2. The number of hydrogen-bond donors (Lipinski definition) is 1. The number of carbonyl (C=O) groups excluding carboxylic acids is 1. The number of sulfonamides is 1. The Morgan fingerprint density at radius 3 is 2.43 bits per heavy atom. The fourth-order valence-electron chi connectivity index (χ4n) is 2.44. The van der Waals surface area contributed by atoms with Crippen molar-refractivity contribution in [2.75, 3.05) is 0 Å². The lowest BCUT2D eigenvalue weighted by Gasteiger charge is -2.15. The highest BCUT2D eigenvalue weighted by atomic mass is 32.2. The van der Waals surface area contributed by atoms with E-state index in [0.29, 0.717) is 12.2 Å². The van der Waals surface area contributed by atoms with Crippen molar-refractivity contribution in [1.82, 2.24) is 9.88 Å². The summed E-state index contributed by atoms with van der Waals surface area (Å²) in [5, 5.41) is 3.28. The van der Waals surface area contributed by atoms with E-state index in [1.165, 1.54) is 0 Å². The van der Waals surface area contributed by atoms with Crippen LogP contribution in [0, 0.1) is 13.8 Å². The van der Waals surface area contributed by atoms with Crippen molar-refractivity contribution in [1.29, 1.82) is 0 Å². The molecule has 0 radical (unpaired) electrons. The summed E-state index contributed by atoms with van der Waals surface area (Å²) in [6.07, 6.45) is 1.37. The Morgan fingerprint density at radius 2 is 1.95 bits per heavy atom. The number of nitrogens with one attached hydrogen (secondary N) is 1. The molecule has 1 heterocycles. The van der Waals surface area contributed by atoms with Crippen molar-refractivity contribution in [3.8, 4) is 0 Å². The highest BCUT2D eigenvalue weighted by Gasteiger charge is 2.25. The molecule has 0 saturated carbocycles.